The first-order valence-electron chi connectivity index (χ1n) is 5.95. The van der Waals surface area contributed by atoms with Gasteiger partial charge in [-0.05, 0) is 25.8 Å². The SMILES string of the molecule is CC1CC(N)CCN1c1ccc([N+](=O)[O-])cc1F. The lowest BCUT2D eigenvalue weighted by Crippen LogP contribution is -2.45. The molecule has 2 unspecified atom stereocenters. The fourth-order valence-corrected chi connectivity index (χ4v) is 2.41. The minimum absolute atomic E-state index is 0.143. The molecule has 0 aromatic heterocycles. The van der Waals surface area contributed by atoms with E-state index in [1.54, 1.807) is 0 Å². The van der Waals surface area contributed by atoms with E-state index in [9.17, 15) is 14.5 Å². The molecular weight excluding hydrogens is 237 g/mol. The monoisotopic (exact) mass is 253 g/mol. The van der Waals surface area contributed by atoms with Crippen molar-refractivity contribution in [1.29, 1.82) is 0 Å². The van der Waals surface area contributed by atoms with Crippen LogP contribution in [0.5, 0.6) is 0 Å². The van der Waals surface area contributed by atoms with Crippen molar-refractivity contribution in [3.63, 3.8) is 0 Å². The molecule has 2 rings (SSSR count). The molecule has 2 N–H and O–H groups in total. The number of piperidine rings is 1. The molecule has 0 saturated carbocycles. The summed E-state index contributed by atoms with van der Waals surface area (Å²) in [5.41, 5.74) is 6.05. The normalized spacial score (nSPS) is 24.1. The highest BCUT2D eigenvalue weighted by Crippen LogP contribution is 2.29. The Bertz CT molecular complexity index is 467. The molecule has 1 saturated heterocycles. The zero-order valence-electron chi connectivity index (χ0n) is 10.2. The zero-order valence-corrected chi connectivity index (χ0v) is 10.2. The molecule has 0 spiro atoms. The van der Waals surface area contributed by atoms with E-state index in [4.69, 9.17) is 5.73 Å². The van der Waals surface area contributed by atoms with Gasteiger partial charge in [-0.25, -0.2) is 4.39 Å². The van der Waals surface area contributed by atoms with Crippen LogP contribution in [-0.4, -0.2) is 23.6 Å². The number of nitro groups is 1. The molecule has 1 fully saturated rings. The highest BCUT2D eigenvalue weighted by Gasteiger charge is 2.26. The lowest BCUT2D eigenvalue weighted by Gasteiger charge is -2.38. The van der Waals surface area contributed by atoms with Gasteiger partial charge in [-0.15, -0.1) is 0 Å². The number of nitro benzene ring substituents is 1. The summed E-state index contributed by atoms with van der Waals surface area (Å²) >= 11 is 0. The predicted octanol–water partition coefficient (Wildman–Crippen LogP) is 2.05. The van der Waals surface area contributed by atoms with Crippen LogP contribution in [0.4, 0.5) is 15.8 Å². The van der Waals surface area contributed by atoms with Gasteiger partial charge in [-0.1, -0.05) is 0 Å². The van der Waals surface area contributed by atoms with Crippen LogP contribution < -0.4 is 10.6 Å². The summed E-state index contributed by atoms with van der Waals surface area (Å²) in [6.07, 6.45) is 1.61. The second-order valence-corrected chi connectivity index (χ2v) is 4.72. The van der Waals surface area contributed by atoms with E-state index in [2.05, 4.69) is 0 Å². The van der Waals surface area contributed by atoms with E-state index in [-0.39, 0.29) is 17.8 Å². The van der Waals surface area contributed by atoms with E-state index >= 15 is 0 Å². The average molecular weight is 253 g/mol. The number of benzene rings is 1. The lowest BCUT2D eigenvalue weighted by atomic mass is 9.98. The lowest BCUT2D eigenvalue weighted by molar-refractivity contribution is -0.385. The number of nitrogens with zero attached hydrogens (tertiary/aromatic N) is 2. The van der Waals surface area contributed by atoms with Gasteiger partial charge in [-0.2, -0.15) is 0 Å². The number of rotatable bonds is 2. The molecule has 1 aromatic rings. The van der Waals surface area contributed by atoms with Gasteiger partial charge in [-0.3, -0.25) is 10.1 Å². The van der Waals surface area contributed by atoms with E-state index in [1.165, 1.54) is 12.1 Å². The van der Waals surface area contributed by atoms with E-state index in [0.717, 1.165) is 18.9 Å². The molecule has 0 amide bonds. The van der Waals surface area contributed by atoms with Gasteiger partial charge in [0.2, 0.25) is 0 Å². The van der Waals surface area contributed by atoms with Crippen LogP contribution in [0.1, 0.15) is 19.8 Å². The van der Waals surface area contributed by atoms with Gasteiger partial charge in [0.15, 0.2) is 5.82 Å². The highest BCUT2D eigenvalue weighted by molar-refractivity contribution is 5.53. The van der Waals surface area contributed by atoms with Crippen molar-refractivity contribution in [3.8, 4) is 0 Å². The fourth-order valence-electron chi connectivity index (χ4n) is 2.41. The summed E-state index contributed by atoms with van der Waals surface area (Å²) < 4.78 is 13.9. The van der Waals surface area contributed by atoms with Crippen molar-refractivity contribution >= 4 is 11.4 Å². The van der Waals surface area contributed by atoms with Gasteiger partial charge in [0.05, 0.1) is 16.7 Å². The molecule has 2 atom stereocenters. The number of anilines is 1. The topological polar surface area (TPSA) is 72.4 Å². The Morgan fingerprint density at radius 2 is 2.28 bits per heavy atom. The molecule has 0 radical (unpaired) electrons. The Hall–Kier alpha value is -1.69. The first-order valence-corrected chi connectivity index (χ1v) is 5.95. The van der Waals surface area contributed by atoms with Crippen molar-refractivity contribution in [1.82, 2.24) is 0 Å². The van der Waals surface area contributed by atoms with Crippen LogP contribution in [0.2, 0.25) is 0 Å². The van der Waals surface area contributed by atoms with Crippen LogP contribution >= 0.6 is 0 Å². The molecule has 6 heteroatoms. The first-order chi connectivity index (χ1) is 8.49. The maximum atomic E-state index is 13.9. The molecule has 1 aliphatic rings. The molecule has 1 aromatic carbocycles. The average Bonchev–Trinajstić information content (AvgIpc) is 2.30. The van der Waals surface area contributed by atoms with Crippen LogP contribution in [0.15, 0.2) is 18.2 Å². The highest BCUT2D eigenvalue weighted by atomic mass is 19.1. The molecule has 0 aliphatic carbocycles. The van der Waals surface area contributed by atoms with Gasteiger partial charge < -0.3 is 10.6 Å². The summed E-state index contributed by atoms with van der Waals surface area (Å²) in [6, 6.07) is 4.07. The Morgan fingerprint density at radius 3 is 2.83 bits per heavy atom. The zero-order chi connectivity index (χ0) is 13.3. The van der Waals surface area contributed by atoms with Gasteiger partial charge in [0, 0.05) is 24.7 Å². The van der Waals surface area contributed by atoms with Crippen LogP contribution in [0.3, 0.4) is 0 Å². The second kappa shape index (κ2) is 4.89. The van der Waals surface area contributed by atoms with Crippen molar-refractivity contribution in [2.24, 2.45) is 5.73 Å². The molecule has 98 valence electrons. The van der Waals surface area contributed by atoms with Gasteiger partial charge in [0.1, 0.15) is 0 Å². The number of nitrogens with two attached hydrogens (primary N) is 1. The molecule has 1 aliphatic heterocycles. The predicted molar refractivity (Wildman–Crippen MR) is 67.1 cm³/mol. The number of halogens is 1. The number of hydrogen-bond donors (Lipinski definition) is 1. The quantitative estimate of drug-likeness (QED) is 0.646. The van der Waals surface area contributed by atoms with E-state index < -0.39 is 10.7 Å². The summed E-state index contributed by atoms with van der Waals surface area (Å²) in [5.74, 6) is -0.550. The second-order valence-electron chi connectivity index (χ2n) is 4.72. The Labute approximate surface area is 105 Å². The molecule has 5 nitrogen and oxygen atoms in total. The van der Waals surface area contributed by atoms with E-state index in [1.807, 2.05) is 11.8 Å². The minimum Gasteiger partial charge on any atom is -0.366 e. The molecular formula is C12H16FN3O2. The minimum atomic E-state index is -0.595. The van der Waals surface area contributed by atoms with E-state index in [0.29, 0.717) is 12.2 Å². The maximum Gasteiger partial charge on any atom is 0.272 e. The maximum absolute atomic E-state index is 13.9. The van der Waals surface area contributed by atoms with Crippen molar-refractivity contribution in [3.05, 3.63) is 34.1 Å². The third-order valence-electron chi connectivity index (χ3n) is 3.37. The van der Waals surface area contributed by atoms with Crippen molar-refractivity contribution < 1.29 is 9.31 Å². The standard InChI is InChI=1S/C12H16FN3O2/c1-8-6-9(14)4-5-15(8)12-3-2-10(16(17)18)7-11(12)13/h2-3,7-9H,4-6,14H2,1H3. The third-order valence-corrected chi connectivity index (χ3v) is 3.37. The van der Waals surface area contributed by atoms with Gasteiger partial charge >= 0.3 is 0 Å². The summed E-state index contributed by atoms with van der Waals surface area (Å²) in [5, 5.41) is 10.6. The fraction of sp³-hybridized carbons (Fsp3) is 0.500. The van der Waals surface area contributed by atoms with Gasteiger partial charge in [0.25, 0.3) is 5.69 Å². The Balaban J connectivity index is 2.26. The van der Waals surface area contributed by atoms with Crippen LogP contribution in [0.25, 0.3) is 0 Å². The number of non-ortho nitro benzene ring substituents is 1. The molecule has 0 bridgehead atoms. The number of hydrogen-bond acceptors (Lipinski definition) is 4. The first kappa shape index (κ1) is 12.8. The Morgan fingerprint density at radius 1 is 1.56 bits per heavy atom. The largest absolute Gasteiger partial charge is 0.366 e. The van der Waals surface area contributed by atoms with Crippen LogP contribution in [0, 0.1) is 15.9 Å². The Kier molecular flexibility index (Phi) is 3.47. The van der Waals surface area contributed by atoms with Crippen molar-refractivity contribution in [2.75, 3.05) is 11.4 Å². The summed E-state index contributed by atoms with van der Waals surface area (Å²) in [7, 11) is 0. The molecule has 1 heterocycles. The summed E-state index contributed by atoms with van der Waals surface area (Å²) in [4.78, 5) is 11.9. The smallest absolute Gasteiger partial charge is 0.272 e. The summed E-state index contributed by atoms with van der Waals surface area (Å²) in [6.45, 7) is 2.66. The molecule has 18 heavy (non-hydrogen) atoms. The van der Waals surface area contributed by atoms with Crippen LogP contribution in [-0.2, 0) is 0 Å². The third kappa shape index (κ3) is 2.43. The van der Waals surface area contributed by atoms with Crippen molar-refractivity contribution in [2.45, 2.75) is 31.8 Å².